The number of unbranched alkanes of at least 4 members (excludes halogenated alkanes) is 1. The van der Waals surface area contributed by atoms with Crippen molar-refractivity contribution in [1.29, 1.82) is 0 Å². The maximum atomic E-state index is 8.83. The van der Waals surface area contributed by atoms with Crippen LogP contribution in [0.4, 0.5) is 0 Å². The van der Waals surface area contributed by atoms with Crippen molar-refractivity contribution in [1.82, 2.24) is 4.90 Å². The minimum Gasteiger partial charge on any atom is -0.492 e. The maximum Gasteiger partial charge on any atom is 0.119 e. The average molecular weight is 284 g/mol. The van der Waals surface area contributed by atoms with Gasteiger partial charge in [-0.25, -0.2) is 0 Å². The Bertz CT molecular complexity index is 365. The van der Waals surface area contributed by atoms with Crippen LogP contribution in [0.3, 0.4) is 0 Å². The van der Waals surface area contributed by atoms with Gasteiger partial charge in [-0.15, -0.1) is 0 Å². The molecule has 2 rings (SSSR count). The number of rotatable bonds is 9. The second kappa shape index (κ2) is 7.73. The molecule has 0 saturated heterocycles. The van der Waals surface area contributed by atoms with Gasteiger partial charge in [-0.2, -0.15) is 0 Å². The predicted molar refractivity (Wildman–Crippen MR) is 77.9 cm³/mol. The highest BCUT2D eigenvalue weighted by molar-refractivity contribution is 6.30. The number of aliphatic hydroxyl groups excluding tert-OH is 1. The molecule has 0 atom stereocenters. The Morgan fingerprint density at radius 2 is 1.89 bits per heavy atom. The van der Waals surface area contributed by atoms with Gasteiger partial charge in [0.1, 0.15) is 12.4 Å². The fraction of sp³-hybridized carbons (Fsp3) is 0.600. The summed E-state index contributed by atoms with van der Waals surface area (Å²) in [5, 5.41) is 9.56. The first-order chi connectivity index (χ1) is 9.29. The van der Waals surface area contributed by atoms with Gasteiger partial charge in [0.15, 0.2) is 0 Å². The SMILES string of the molecule is OCCCCN(CCOc1ccc(Cl)cc1)C1CC1. The van der Waals surface area contributed by atoms with Crippen molar-refractivity contribution in [3.8, 4) is 5.75 Å². The summed E-state index contributed by atoms with van der Waals surface area (Å²) in [5.74, 6) is 0.871. The molecule has 0 unspecified atom stereocenters. The van der Waals surface area contributed by atoms with Crippen LogP contribution in [0.25, 0.3) is 0 Å². The van der Waals surface area contributed by atoms with Crippen LogP contribution in [0.2, 0.25) is 5.02 Å². The van der Waals surface area contributed by atoms with E-state index < -0.39 is 0 Å². The molecule has 3 nitrogen and oxygen atoms in total. The Morgan fingerprint density at radius 1 is 1.16 bits per heavy atom. The van der Waals surface area contributed by atoms with Crippen molar-refractivity contribution in [2.75, 3.05) is 26.3 Å². The zero-order valence-electron chi connectivity index (χ0n) is 11.2. The highest BCUT2D eigenvalue weighted by Gasteiger charge is 2.28. The highest BCUT2D eigenvalue weighted by atomic mass is 35.5. The largest absolute Gasteiger partial charge is 0.492 e. The number of nitrogens with zero attached hydrogens (tertiary/aromatic N) is 1. The fourth-order valence-corrected chi connectivity index (χ4v) is 2.28. The quantitative estimate of drug-likeness (QED) is 0.707. The molecule has 19 heavy (non-hydrogen) atoms. The van der Waals surface area contributed by atoms with Gasteiger partial charge in [0.2, 0.25) is 0 Å². The van der Waals surface area contributed by atoms with Crippen LogP contribution in [-0.4, -0.2) is 42.4 Å². The summed E-state index contributed by atoms with van der Waals surface area (Å²) in [7, 11) is 0. The van der Waals surface area contributed by atoms with Crippen LogP contribution in [0.15, 0.2) is 24.3 Å². The third kappa shape index (κ3) is 5.39. The molecule has 1 N–H and O–H groups in total. The number of halogens is 1. The van der Waals surface area contributed by atoms with Gasteiger partial charge in [0.05, 0.1) is 0 Å². The molecule has 1 aliphatic carbocycles. The first kappa shape index (κ1) is 14.6. The molecule has 1 saturated carbocycles. The van der Waals surface area contributed by atoms with Crippen molar-refractivity contribution in [3.05, 3.63) is 29.3 Å². The van der Waals surface area contributed by atoms with E-state index >= 15 is 0 Å². The van der Waals surface area contributed by atoms with Crippen LogP contribution >= 0.6 is 11.6 Å². The zero-order valence-corrected chi connectivity index (χ0v) is 12.0. The molecule has 0 radical (unpaired) electrons. The molecule has 106 valence electrons. The molecule has 1 fully saturated rings. The zero-order chi connectivity index (χ0) is 13.5. The van der Waals surface area contributed by atoms with Gasteiger partial charge in [0, 0.05) is 24.2 Å². The van der Waals surface area contributed by atoms with Gasteiger partial charge in [-0.3, -0.25) is 4.90 Å². The number of ether oxygens (including phenoxy) is 1. The summed E-state index contributed by atoms with van der Waals surface area (Å²) in [6, 6.07) is 8.23. The Labute approximate surface area is 120 Å². The lowest BCUT2D eigenvalue weighted by atomic mass is 10.3. The number of hydrogen-bond acceptors (Lipinski definition) is 3. The highest BCUT2D eigenvalue weighted by Crippen LogP contribution is 2.26. The normalized spacial score (nSPS) is 14.9. The summed E-state index contributed by atoms with van der Waals surface area (Å²) in [6.07, 6.45) is 4.56. The van der Waals surface area contributed by atoms with E-state index in [-0.39, 0.29) is 0 Å². The maximum absolute atomic E-state index is 8.83. The molecule has 0 heterocycles. The molecule has 0 bridgehead atoms. The predicted octanol–water partition coefficient (Wildman–Crippen LogP) is 2.96. The Kier molecular flexibility index (Phi) is 5.95. The van der Waals surface area contributed by atoms with E-state index in [1.807, 2.05) is 24.3 Å². The summed E-state index contributed by atoms with van der Waals surface area (Å²) >= 11 is 5.83. The van der Waals surface area contributed by atoms with Crippen molar-refractivity contribution < 1.29 is 9.84 Å². The topological polar surface area (TPSA) is 32.7 Å². The average Bonchev–Trinajstić information content (AvgIpc) is 3.24. The van der Waals surface area contributed by atoms with Gasteiger partial charge in [0.25, 0.3) is 0 Å². The van der Waals surface area contributed by atoms with Crippen LogP contribution in [0.5, 0.6) is 5.75 Å². The number of benzene rings is 1. The van der Waals surface area contributed by atoms with E-state index in [4.69, 9.17) is 21.4 Å². The molecule has 0 amide bonds. The van der Waals surface area contributed by atoms with Gasteiger partial charge in [-0.1, -0.05) is 11.6 Å². The van der Waals surface area contributed by atoms with E-state index in [0.717, 1.165) is 42.7 Å². The molecule has 0 aromatic heterocycles. The lowest BCUT2D eigenvalue weighted by Gasteiger charge is -2.21. The molecule has 1 aromatic carbocycles. The van der Waals surface area contributed by atoms with Crippen molar-refractivity contribution >= 4 is 11.6 Å². The molecule has 0 aliphatic heterocycles. The lowest BCUT2D eigenvalue weighted by Crippen LogP contribution is -2.31. The minimum absolute atomic E-state index is 0.291. The molecule has 1 aromatic rings. The first-order valence-corrected chi connectivity index (χ1v) is 7.40. The summed E-state index contributed by atoms with van der Waals surface area (Å²) in [4.78, 5) is 2.48. The molecular formula is C15H22ClNO2. The summed E-state index contributed by atoms with van der Waals surface area (Å²) in [6.45, 7) is 3.02. The lowest BCUT2D eigenvalue weighted by molar-refractivity contribution is 0.192. The van der Waals surface area contributed by atoms with E-state index in [9.17, 15) is 0 Å². The molecule has 4 heteroatoms. The van der Waals surface area contributed by atoms with Gasteiger partial charge in [-0.05, 0) is 56.5 Å². The van der Waals surface area contributed by atoms with E-state index in [1.54, 1.807) is 0 Å². The standard InChI is InChI=1S/C15H22ClNO2/c16-13-3-7-15(8-4-13)19-12-10-17(14-5-6-14)9-1-2-11-18/h3-4,7-8,14,18H,1-2,5-6,9-12H2. The molecule has 1 aliphatic rings. The first-order valence-electron chi connectivity index (χ1n) is 7.03. The van der Waals surface area contributed by atoms with Crippen LogP contribution < -0.4 is 4.74 Å². The second-order valence-corrected chi connectivity index (χ2v) is 5.44. The van der Waals surface area contributed by atoms with Crippen molar-refractivity contribution in [2.24, 2.45) is 0 Å². The molecule has 0 spiro atoms. The second-order valence-electron chi connectivity index (χ2n) is 5.00. The number of hydrogen-bond donors (Lipinski definition) is 1. The third-order valence-corrected chi connectivity index (χ3v) is 3.63. The Balaban J connectivity index is 1.68. The van der Waals surface area contributed by atoms with Crippen LogP contribution in [0, 0.1) is 0 Å². The Morgan fingerprint density at radius 3 is 2.53 bits per heavy atom. The van der Waals surface area contributed by atoms with Crippen LogP contribution in [0.1, 0.15) is 25.7 Å². The van der Waals surface area contributed by atoms with Crippen molar-refractivity contribution in [2.45, 2.75) is 31.7 Å². The van der Waals surface area contributed by atoms with E-state index in [2.05, 4.69) is 4.90 Å². The summed E-state index contributed by atoms with van der Waals surface area (Å²) in [5.41, 5.74) is 0. The molecular weight excluding hydrogens is 262 g/mol. The van der Waals surface area contributed by atoms with Gasteiger partial charge >= 0.3 is 0 Å². The van der Waals surface area contributed by atoms with E-state index in [1.165, 1.54) is 12.8 Å². The monoisotopic (exact) mass is 283 g/mol. The smallest absolute Gasteiger partial charge is 0.119 e. The fourth-order valence-electron chi connectivity index (χ4n) is 2.15. The number of aliphatic hydroxyl groups is 1. The third-order valence-electron chi connectivity index (χ3n) is 3.38. The van der Waals surface area contributed by atoms with E-state index in [0.29, 0.717) is 13.2 Å². The Hall–Kier alpha value is -0.770. The van der Waals surface area contributed by atoms with Gasteiger partial charge < -0.3 is 9.84 Å². The van der Waals surface area contributed by atoms with Crippen molar-refractivity contribution in [3.63, 3.8) is 0 Å². The summed E-state index contributed by atoms with van der Waals surface area (Å²) < 4.78 is 5.73. The van der Waals surface area contributed by atoms with Crippen LogP contribution in [-0.2, 0) is 0 Å². The minimum atomic E-state index is 0.291.